The van der Waals surface area contributed by atoms with E-state index in [9.17, 15) is 8.42 Å². The van der Waals surface area contributed by atoms with Gasteiger partial charge in [-0.25, -0.2) is 17.7 Å². The number of aryl methyl sites for hydroxylation is 1. The Bertz CT molecular complexity index is 671. The van der Waals surface area contributed by atoms with Crippen LogP contribution in [0, 0.1) is 6.92 Å². The number of aromatic nitrogens is 1. The summed E-state index contributed by atoms with van der Waals surface area (Å²) in [5, 5.41) is 2.32. The number of sulfonamides is 1. The Kier molecular flexibility index (Phi) is 5.61. The summed E-state index contributed by atoms with van der Waals surface area (Å²) in [6, 6.07) is 9.04. The summed E-state index contributed by atoms with van der Waals surface area (Å²) in [5.41, 5.74) is 1.42. The van der Waals surface area contributed by atoms with E-state index in [0.717, 1.165) is 5.69 Å². The number of unbranched alkanes of at least 4 members (excludes halogenated alkanes) is 1. The van der Waals surface area contributed by atoms with Gasteiger partial charge in [-0.3, -0.25) is 0 Å². The topological polar surface area (TPSA) is 50.3 Å². The first-order chi connectivity index (χ1) is 10.0. The Balaban J connectivity index is 2.37. The standard InChI is InChI=1S/C14H17ClN2O2S2/c1-12-11-20-14(16-12)17(13-7-3-2-4-8-13)21(18,19)10-6-5-9-15/h2-4,7-8,11H,5-6,9-10H2,1H3. The maximum Gasteiger partial charge on any atom is 0.241 e. The van der Waals surface area contributed by atoms with Gasteiger partial charge in [-0.2, -0.15) is 0 Å². The maximum absolute atomic E-state index is 12.7. The second-order valence-corrected chi connectivity index (χ2v) is 7.74. The smallest absolute Gasteiger partial charge is 0.224 e. The van der Waals surface area contributed by atoms with Gasteiger partial charge in [-0.15, -0.1) is 22.9 Å². The number of alkyl halides is 1. The molecule has 0 fully saturated rings. The van der Waals surface area contributed by atoms with Gasteiger partial charge < -0.3 is 0 Å². The second kappa shape index (κ2) is 7.24. The van der Waals surface area contributed by atoms with E-state index in [2.05, 4.69) is 4.98 Å². The number of hydrogen-bond donors (Lipinski definition) is 0. The Labute approximate surface area is 134 Å². The Hall–Kier alpha value is -1.11. The maximum atomic E-state index is 12.7. The van der Waals surface area contributed by atoms with Crippen molar-refractivity contribution in [3.8, 4) is 0 Å². The minimum Gasteiger partial charge on any atom is -0.224 e. The SMILES string of the molecule is Cc1csc(N(c2ccccc2)S(=O)(=O)CCCCCl)n1. The van der Waals surface area contributed by atoms with E-state index >= 15 is 0 Å². The molecule has 0 unspecified atom stereocenters. The van der Waals surface area contributed by atoms with Crippen molar-refractivity contribution in [3.63, 3.8) is 0 Å². The molecule has 2 aromatic rings. The van der Waals surface area contributed by atoms with Crippen molar-refractivity contribution in [2.75, 3.05) is 15.9 Å². The molecule has 1 heterocycles. The number of para-hydroxylation sites is 1. The number of benzene rings is 1. The molecule has 0 aliphatic heterocycles. The van der Waals surface area contributed by atoms with Crippen LogP contribution in [-0.2, 0) is 10.0 Å². The summed E-state index contributed by atoms with van der Waals surface area (Å²) in [4.78, 5) is 4.32. The quantitative estimate of drug-likeness (QED) is 0.564. The first-order valence-electron chi connectivity index (χ1n) is 6.61. The lowest BCUT2D eigenvalue weighted by atomic mass is 10.3. The van der Waals surface area contributed by atoms with Crippen LogP contribution in [0.4, 0.5) is 10.8 Å². The van der Waals surface area contributed by atoms with Crippen LogP contribution in [0.3, 0.4) is 0 Å². The number of thiazole rings is 1. The third-order valence-corrected chi connectivity index (χ3v) is 5.91. The highest BCUT2D eigenvalue weighted by Gasteiger charge is 2.26. The number of nitrogens with zero attached hydrogens (tertiary/aromatic N) is 2. The van der Waals surface area contributed by atoms with Crippen molar-refractivity contribution in [2.45, 2.75) is 19.8 Å². The van der Waals surface area contributed by atoms with E-state index in [1.54, 1.807) is 12.1 Å². The zero-order valence-electron chi connectivity index (χ0n) is 11.7. The summed E-state index contributed by atoms with van der Waals surface area (Å²) in [6.45, 7) is 1.85. The minimum absolute atomic E-state index is 0.0627. The zero-order chi connectivity index (χ0) is 15.3. The predicted molar refractivity (Wildman–Crippen MR) is 89.2 cm³/mol. The van der Waals surface area contributed by atoms with Crippen molar-refractivity contribution >= 4 is 43.8 Å². The molecule has 2 rings (SSSR count). The third kappa shape index (κ3) is 4.18. The highest BCUT2D eigenvalue weighted by Crippen LogP contribution is 2.31. The summed E-state index contributed by atoms with van der Waals surface area (Å²) in [5.74, 6) is 0.532. The van der Waals surface area contributed by atoms with Crippen LogP contribution in [0.1, 0.15) is 18.5 Å². The first-order valence-corrected chi connectivity index (χ1v) is 9.63. The van der Waals surface area contributed by atoms with Crippen molar-refractivity contribution in [2.24, 2.45) is 0 Å². The van der Waals surface area contributed by atoms with Gasteiger partial charge in [0.2, 0.25) is 15.2 Å². The number of hydrogen-bond acceptors (Lipinski definition) is 4. The molecule has 0 amide bonds. The van der Waals surface area contributed by atoms with E-state index in [0.29, 0.717) is 29.5 Å². The van der Waals surface area contributed by atoms with Gasteiger partial charge in [-0.1, -0.05) is 18.2 Å². The molecule has 0 bridgehead atoms. The van der Waals surface area contributed by atoms with Crippen LogP contribution in [-0.4, -0.2) is 25.0 Å². The van der Waals surface area contributed by atoms with Gasteiger partial charge >= 0.3 is 0 Å². The van der Waals surface area contributed by atoms with Gasteiger partial charge in [0.1, 0.15) is 0 Å². The molecule has 0 spiro atoms. The van der Waals surface area contributed by atoms with Crippen molar-refractivity contribution in [1.82, 2.24) is 4.98 Å². The molecule has 0 saturated heterocycles. The lowest BCUT2D eigenvalue weighted by molar-refractivity contribution is 0.593. The zero-order valence-corrected chi connectivity index (χ0v) is 14.1. The van der Waals surface area contributed by atoms with E-state index in [1.165, 1.54) is 15.6 Å². The van der Waals surface area contributed by atoms with Gasteiger partial charge in [0.25, 0.3) is 0 Å². The summed E-state index contributed by atoms with van der Waals surface area (Å²) < 4.78 is 26.7. The van der Waals surface area contributed by atoms with E-state index < -0.39 is 10.0 Å². The highest BCUT2D eigenvalue weighted by molar-refractivity contribution is 7.93. The molecule has 114 valence electrons. The Morgan fingerprint density at radius 1 is 1.24 bits per heavy atom. The number of anilines is 2. The van der Waals surface area contributed by atoms with E-state index in [1.807, 2.05) is 30.5 Å². The molecule has 7 heteroatoms. The lowest BCUT2D eigenvalue weighted by Gasteiger charge is -2.21. The first kappa shape index (κ1) is 16.3. The molecule has 0 N–H and O–H groups in total. The van der Waals surface area contributed by atoms with Crippen LogP contribution in [0.25, 0.3) is 0 Å². The molecule has 0 radical (unpaired) electrons. The monoisotopic (exact) mass is 344 g/mol. The molecule has 1 aromatic heterocycles. The third-order valence-electron chi connectivity index (χ3n) is 2.84. The lowest BCUT2D eigenvalue weighted by Crippen LogP contribution is -2.28. The van der Waals surface area contributed by atoms with Gasteiger partial charge in [0.05, 0.1) is 17.1 Å². The molecule has 1 aromatic carbocycles. The van der Waals surface area contributed by atoms with Gasteiger partial charge in [0, 0.05) is 11.3 Å². The van der Waals surface area contributed by atoms with Crippen molar-refractivity contribution in [1.29, 1.82) is 0 Å². The second-order valence-electron chi connectivity index (χ2n) is 4.58. The number of rotatable bonds is 7. The number of halogens is 1. The van der Waals surface area contributed by atoms with Gasteiger partial charge in [-0.05, 0) is 31.9 Å². The minimum atomic E-state index is -3.46. The van der Waals surface area contributed by atoms with Crippen LogP contribution >= 0.6 is 22.9 Å². The van der Waals surface area contributed by atoms with Crippen LogP contribution in [0.5, 0.6) is 0 Å². The molecular formula is C14H17ClN2O2S2. The Morgan fingerprint density at radius 3 is 2.52 bits per heavy atom. The highest BCUT2D eigenvalue weighted by atomic mass is 35.5. The molecule has 21 heavy (non-hydrogen) atoms. The van der Waals surface area contributed by atoms with Crippen LogP contribution < -0.4 is 4.31 Å². The molecular weight excluding hydrogens is 328 g/mol. The summed E-state index contributed by atoms with van der Waals surface area (Å²) in [7, 11) is -3.46. The van der Waals surface area contributed by atoms with Crippen LogP contribution in [0.15, 0.2) is 35.7 Å². The molecule has 0 saturated carbocycles. The van der Waals surface area contributed by atoms with E-state index in [4.69, 9.17) is 11.6 Å². The average molecular weight is 345 g/mol. The summed E-state index contributed by atoms with van der Waals surface area (Å²) in [6.07, 6.45) is 1.22. The largest absolute Gasteiger partial charge is 0.241 e. The van der Waals surface area contributed by atoms with Crippen molar-refractivity contribution in [3.05, 3.63) is 41.4 Å². The molecule has 0 atom stereocenters. The summed E-state index contributed by atoms with van der Waals surface area (Å²) >= 11 is 6.96. The van der Waals surface area contributed by atoms with Crippen LogP contribution in [0.2, 0.25) is 0 Å². The fraction of sp³-hybridized carbons (Fsp3) is 0.357. The predicted octanol–water partition coefficient (Wildman–Crippen LogP) is 3.94. The van der Waals surface area contributed by atoms with E-state index in [-0.39, 0.29) is 5.75 Å². The van der Waals surface area contributed by atoms with Gasteiger partial charge in [0.15, 0.2) is 0 Å². The molecule has 0 aliphatic carbocycles. The normalized spacial score (nSPS) is 11.5. The average Bonchev–Trinajstić information content (AvgIpc) is 2.86. The molecule has 0 aliphatic rings. The fourth-order valence-corrected chi connectivity index (χ4v) is 4.72. The Morgan fingerprint density at radius 2 is 1.95 bits per heavy atom. The molecule has 4 nitrogen and oxygen atoms in total. The van der Waals surface area contributed by atoms with Crippen molar-refractivity contribution < 1.29 is 8.42 Å². The fourth-order valence-electron chi connectivity index (χ4n) is 1.86.